The smallest absolute Gasteiger partial charge is 0.326 e. The Kier molecular flexibility index (Phi) is 5.11. The molecule has 0 fully saturated rings. The van der Waals surface area contributed by atoms with Crippen molar-refractivity contribution in [2.45, 2.75) is 33.2 Å². The molecular formula is C9H17NO3. The number of rotatable bonds is 6. The molecule has 1 unspecified atom stereocenters. The average molecular weight is 187 g/mol. The molecule has 0 aromatic carbocycles. The molecule has 4 nitrogen and oxygen atoms in total. The first-order valence-corrected chi connectivity index (χ1v) is 4.46. The van der Waals surface area contributed by atoms with E-state index in [9.17, 15) is 9.59 Å². The van der Waals surface area contributed by atoms with E-state index in [0.717, 1.165) is 0 Å². The minimum atomic E-state index is -0.928. The summed E-state index contributed by atoms with van der Waals surface area (Å²) in [5.41, 5.74) is 0. The van der Waals surface area contributed by atoms with E-state index in [1.54, 1.807) is 6.92 Å². The Balaban J connectivity index is 4.38. The summed E-state index contributed by atoms with van der Waals surface area (Å²) in [6.07, 6.45) is 1.10. The summed E-state index contributed by atoms with van der Waals surface area (Å²) < 4.78 is 0. The maximum Gasteiger partial charge on any atom is 0.326 e. The van der Waals surface area contributed by atoms with Crippen LogP contribution in [0.2, 0.25) is 0 Å². The first-order valence-electron chi connectivity index (χ1n) is 4.46. The van der Waals surface area contributed by atoms with Crippen LogP contribution in [0.3, 0.4) is 0 Å². The minimum Gasteiger partial charge on any atom is -0.480 e. The Bertz CT molecular complexity index is 180. The molecule has 0 rings (SSSR count). The maximum atomic E-state index is 10.8. The van der Waals surface area contributed by atoms with Crippen LogP contribution in [-0.4, -0.2) is 35.0 Å². The molecule has 1 amide bonds. The second kappa shape index (κ2) is 5.56. The molecule has 0 aromatic heterocycles. The Hall–Kier alpha value is -1.06. The number of hydrogen-bond donors (Lipinski definition) is 1. The number of hydrogen-bond acceptors (Lipinski definition) is 2. The Morgan fingerprint density at radius 3 is 2.31 bits per heavy atom. The molecule has 76 valence electrons. The monoisotopic (exact) mass is 187 g/mol. The normalized spacial score (nSPS) is 12.6. The van der Waals surface area contributed by atoms with Crippen LogP contribution in [0, 0.1) is 5.92 Å². The van der Waals surface area contributed by atoms with E-state index in [-0.39, 0.29) is 5.92 Å². The lowest BCUT2D eigenvalue weighted by Crippen LogP contribution is -2.41. The number of carboxylic acids is 1. The van der Waals surface area contributed by atoms with Crippen LogP contribution in [0.15, 0.2) is 0 Å². The van der Waals surface area contributed by atoms with Crippen molar-refractivity contribution in [2.24, 2.45) is 5.92 Å². The number of aliphatic carboxylic acids is 1. The van der Waals surface area contributed by atoms with Gasteiger partial charge in [0, 0.05) is 6.54 Å². The van der Waals surface area contributed by atoms with Gasteiger partial charge in [0.2, 0.25) is 6.41 Å². The molecule has 1 atom stereocenters. The van der Waals surface area contributed by atoms with Crippen molar-refractivity contribution in [3.8, 4) is 0 Å². The molecule has 0 aliphatic rings. The fourth-order valence-corrected chi connectivity index (χ4v) is 1.19. The van der Waals surface area contributed by atoms with Crippen LogP contribution >= 0.6 is 0 Å². The Morgan fingerprint density at radius 1 is 1.54 bits per heavy atom. The van der Waals surface area contributed by atoms with E-state index in [1.165, 1.54) is 4.90 Å². The van der Waals surface area contributed by atoms with Crippen molar-refractivity contribution in [3.63, 3.8) is 0 Å². The van der Waals surface area contributed by atoms with Gasteiger partial charge in [-0.1, -0.05) is 13.8 Å². The predicted molar refractivity (Wildman–Crippen MR) is 49.3 cm³/mol. The predicted octanol–water partition coefficient (Wildman–Crippen LogP) is 0.964. The van der Waals surface area contributed by atoms with Gasteiger partial charge in [-0.05, 0) is 19.3 Å². The second-order valence-electron chi connectivity index (χ2n) is 3.42. The van der Waals surface area contributed by atoms with Gasteiger partial charge in [-0.3, -0.25) is 4.79 Å². The lowest BCUT2D eigenvalue weighted by Gasteiger charge is -2.24. The number of carbonyl (C=O) groups excluding carboxylic acids is 1. The first-order chi connectivity index (χ1) is 6.02. The standard InChI is InChI=1S/C9H17NO3/c1-4-10(6-11)8(9(12)13)5-7(2)3/h6-8H,4-5H2,1-3H3,(H,12,13). The van der Waals surface area contributed by atoms with E-state index in [4.69, 9.17) is 5.11 Å². The molecule has 1 N–H and O–H groups in total. The van der Waals surface area contributed by atoms with Crippen molar-refractivity contribution in [2.75, 3.05) is 6.54 Å². The van der Waals surface area contributed by atoms with Crippen LogP contribution in [0.25, 0.3) is 0 Å². The van der Waals surface area contributed by atoms with E-state index < -0.39 is 12.0 Å². The molecule has 0 aliphatic heterocycles. The van der Waals surface area contributed by atoms with Crippen LogP contribution in [0.5, 0.6) is 0 Å². The quantitative estimate of drug-likeness (QED) is 0.630. The average Bonchev–Trinajstić information content (AvgIpc) is 2.04. The summed E-state index contributed by atoms with van der Waals surface area (Å²) >= 11 is 0. The van der Waals surface area contributed by atoms with Crippen LogP contribution in [0.4, 0.5) is 0 Å². The van der Waals surface area contributed by atoms with Crippen molar-refractivity contribution >= 4 is 12.4 Å². The van der Waals surface area contributed by atoms with Gasteiger partial charge >= 0.3 is 5.97 Å². The highest BCUT2D eigenvalue weighted by atomic mass is 16.4. The third-order valence-electron chi connectivity index (χ3n) is 1.88. The van der Waals surface area contributed by atoms with Gasteiger partial charge in [-0.25, -0.2) is 4.79 Å². The van der Waals surface area contributed by atoms with Crippen LogP contribution in [0.1, 0.15) is 27.2 Å². The van der Waals surface area contributed by atoms with E-state index >= 15 is 0 Å². The minimum absolute atomic E-state index is 0.273. The first kappa shape index (κ1) is 11.9. The molecule has 0 aliphatic carbocycles. The number of nitrogens with zero attached hydrogens (tertiary/aromatic N) is 1. The summed E-state index contributed by atoms with van der Waals surface area (Å²) in [6.45, 7) is 6.08. The second-order valence-corrected chi connectivity index (χ2v) is 3.42. The van der Waals surface area contributed by atoms with Gasteiger partial charge in [0.1, 0.15) is 6.04 Å². The Labute approximate surface area is 78.5 Å². The molecule has 0 spiro atoms. The van der Waals surface area contributed by atoms with Crippen LogP contribution in [-0.2, 0) is 9.59 Å². The third-order valence-corrected chi connectivity index (χ3v) is 1.88. The zero-order chi connectivity index (χ0) is 10.4. The number of carboxylic acid groups (broad SMARTS) is 1. The molecule has 0 saturated heterocycles. The van der Waals surface area contributed by atoms with E-state index in [0.29, 0.717) is 19.4 Å². The molecular weight excluding hydrogens is 170 g/mol. The highest BCUT2D eigenvalue weighted by Gasteiger charge is 2.23. The molecule has 0 saturated carbocycles. The third kappa shape index (κ3) is 3.92. The van der Waals surface area contributed by atoms with Gasteiger partial charge in [0.25, 0.3) is 0 Å². The summed E-state index contributed by atoms with van der Waals surface area (Å²) in [5, 5.41) is 8.85. The molecule has 0 radical (unpaired) electrons. The zero-order valence-electron chi connectivity index (χ0n) is 8.36. The summed E-state index contributed by atoms with van der Waals surface area (Å²) in [7, 11) is 0. The van der Waals surface area contributed by atoms with Crippen molar-refractivity contribution in [1.82, 2.24) is 4.90 Å². The van der Waals surface area contributed by atoms with Crippen LogP contribution < -0.4 is 0 Å². The lowest BCUT2D eigenvalue weighted by molar-refractivity contribution is -0.146. The number of carbonyl (C=O) groups is 2. The summed E-state index contributed by atoms with van der Waals surface area (Å²) in [6, 6.07) is -0.678. The van der Waals surface area contributed by atoms with Crippen molar-refractivity contribution < 1.29 is 14.7 Å². The van der Waals surface area contributed by atoms with Gasteiger partial charge in [0.15, 0.2) is 0 Å². The summed E-state index contributed by atoms with van der Waals surface area (Å²) in [4.78, 5) is 22.6. The number of likely N-dealkylation sites (N-methyl/N-ethyl adjacent to an activating group) is 1. The molecule has 0 heterocycles. The highest BCUT2D eigenvalue weighted by Crippen LogP contribution is 2.10. The van der Waals surface area contributed by atoms with Crippen molar-refractivity contribution in [1.29, 1.82) is 0 Å². The SMILES string of the molecule is CCN(C=O)C(CC(C)C)C(=O)O. The van der Waals surface area contributed by atoms with E-state index in [2.05, 4.69) is 0 Å². The molecule has 0 aromatic rings. The van der Waals surface area contributed by atoms with Gasteiger partial charge in [0.05, 0.1) is 0 Å². The maximum absolute atomic E-state index is 10.8. The fourth-order valence-electron chi connectivity index (χ4n) is 1.19. The number of amides is 1. The largest absolute Gasteiger partial charge is 0.480 e. The van der Waals surface area contributed by atoms with Gasteiger partial charge < -0.3 is 10.0 Å². The zero-order valence-corrected chi connectivity index (χ0v) is 8.36. The Morgan fingerprint density at radius 2 is 2.08 bits per heavy atom. The van der Waals surface area contributed by atoms with Gasteiger partial charge in [-0.2, -0.15) is 0 Å². The molecule has 0 bridgehead atoms. The van der Waals surface area contributed by atoms with E-state index in [1.807, 2.05) is 13.8 Å². The highest BCUT2D eigenvalue weighted by molar-refractivity contribution is 5.76. The fraction of sp³-hybridized carbons (Fsp3) is 0.778. The topological polar surface area (TPSA) is 57.6 Å². The lowest BCUT2D eigenvalue weighted by atomic mass is 10.0. The van der Waals surface area contributed by atoms with Gasteiger partial charge in [-0.15, -0.1) is 0 Å². The summed E-state index contributed by atoms with van der Waals surface area (Å²) in [5.74, 6) is -0.655. The molecule has 4 heteroatoms. The van der Waals surface area contributed by atoms with Crippen molar-refractivity contribution in [3.05, 3.63) is 0 Å². The molecule has 13 heavy (non-hydrogen) atoms.